The Morgan fingerprint density at radius 3 is 2.64 bits per heavy atom. The van der Waals surface area contributed by atoms with Gasteiger partial charge in [-0.25, -0.2) is 4.79 Å². The fraction of sp³-hybridized carbons (Fsp3) is 0.500. The minimum Gasteiger partial charge on any atom is -0.475 e. The number of pyridine rings is 1. The third-order valence-electron chi connectivity index (χ3n) is 5.75. The summed E-state index contributed by atoms with van der Waals surface area (Å²) in [5.74, 6) is -0.00705. The van der Waals surface area contributed by atoms with E-state index in [1.807, 2.05) is 30.2 Å². The number of carbonyl (C=O) groups is 1. The highest BCUT2D eigenvalue weighted by molar-refractivity contribution is 8.00. The molecular formula is C18H17F3N2O3S2. The maximum atomic E-state index is 11.9. The molecule has 1 aliphatic heterocycles. The average molecular weight is 430 g/mol. The Morgan fingerprint density at radius 1 is 1.29 bits per heavy atom. The summed E-state index contributed by atoms with van der Waals surface area (Å²) in [5, 5.41) is 8.94. The summed E-state index contributed by atoms with van der Waals surface area (Å²) in [6.07, 6.45) is 2.88. The monoisotopic (exact) mass is 430 g/mol. The molecule has 5 atom stereocenters. The lowest BCUT2D eigenvalue weighted by Crippen LogP contribution is -2.33. The van der Waals surface area contributed by atoms with Gasteiger partial charge in [0.15, 0.2) is 0 Å². The smallest absolute Gasteiger partial charge is 0.475 e. The van der Waals surface area contributed by atoms with Gasteiger partial charge in [-0.3, -0.25) is 9.78 Å². The number of nitrogens with zero attached hydrogens (tertiary/aromatic N) is 1. The van der Waals surface area contributed by atoms with Crippen LogP contribution in [0.1, 0.15) is 35.6 Å². The fourth-order valence-corrected chi connectivity index (χ4v) is 7.68. The summed E-state index contributed by atoms with van der Waals surface area (Å²) in [7, 11) is 0. The summed E-state index contributed by atoms with van der Waals surface area (Å²) in [6.45, 7) is 0. The molecule has 3 aliphatic rings. The van der Waals surface area contributed by atoms with Gasteiger partial charge in [0, 0.05) is 28.4 Å². The van der Waals surface area contributed by atoms with Crippen LogP contribution in [-0.2, 0) is 4.79 Å². The molecule has 0 saturated heterocycles. The molecule has 2 fully saturated rings. The number of aromatic amines is 1. The first-order valence-electron chi connectivity index (χ1n) is 8.85. The van der Waals surface area contributed by atoms with Crippen molar-refractivity contribution >= 4 is 29.1 Å². The van der Waals surface area contributed by atoms with Crippen LogP contribution in [0.5, 0.6) is 0 Å². The van der Waals surface area contributed by atoms with Crippen LogP contribution in [-0.4, -0.2) is 32.5 Å². The van der Waals surface area contributed by atoms with Gasteiger partial charge in [0.05, 0.1) is 5.03 Å². The van der Waals surface area contributed by atoms with E-state index in [1.54, 1.807) is 0 Å². The third-order valence-corrected chi connectivity index (χ3v) is 8.38. The molecule has 2 bridgehead atoms. The van der Waals surface area contributed by atoms with Crippen molar-refractivity contribution in [2.24, 2.45) is 17.8 Å². The first-order chi connectivity index (χ1) is 13.3. The number of thioether (sulfide) groups is 1. The van der Waals surface area contributed by atoms with Gasteiger partial charge < -0.3 is 10.1 Å². The van der Waals surface area contributed by atoms with E-state index >= 15 is 0 Å². The van der Waals surface area contributed by atoms with Crippen molar-refractivity contribution in [1.29, 1.82) is 0 Å². The molecule has 10 heteroatoms. The largest absolute Gasteiger partial charge is 0.490 e. The Morgan fingerprint density at radius 2 is 2.00 bits per heavy atom. The van der Waals surface area contributed by atoms with Crippen LogP contribution in [0.15, 0.2) is 34.3 Å². The average Bonchev–Trinajstić information content (AvgIpc) is 3.33. The normalized spacial score (nSPS) is 30.2. The van der Waals surface area contributed by atoms with Crippen molar-refractivity contribution in [3.05, 3.63) is 44.6 Å². The van der Waals surface area contributed by atoms with E-state index in [4.69, 9.17) is 9.90 Å². The summed E-state index contributed by atoms with van der Waals surface area (Å²) >= 11 is 3.35. The number of rotatable bonds is 1. The van der Waals surface area contributed by atoms with Crippen molar-refractivity contribution in [2.75, 3.05) is 0 Å². The van der Waals surface area contributed by atoms with E-state index in [0.29, 0.717) is 17.1 Å². The lowest BCUT2D eigenvalue weighted by Gasteiger charge is -2.40. The molecule has 2 N–H and O–H groups in total. The standard InChI is InChI=1S/C16H16N2OS2.C2HF3O2/c19-16-18-15-14(21-16)12(10-2-1-5-17-7-10)11-8-3-4-9(6-8)13(11)20-15;3-2(4,5)1(6)7/h1-2,5,7-9,11-13H,3-4,6H2,(H,18,19);(H,6,7)/t8?,9-,11+,12+,13+;/m0./s1. The molecule has 2 aromatic heterocycles. The predicted octanol–water partition coefficient (Wildman–Crippen LogP) is 4.12. The highest BCUT2D eigenvalue weighted by atomic mass is 32.2. The number of hydrogen-bond acceptors (Lipinski definition) is 5. The van der Waals surface area contributed by atoms with Crippen LogP contribution >= 0.6 is 23.1 Å². The van der Waals surface area contributed by atoms with Crippen LogP contribution in [0.4, 0.5) is 13.2 Å². The summed E-state index contributed by atoms with van der Waals surface area (Å²) in [4.78, 5) is 29.5. The molecular weight excluding hydrogens is 413 g/mol. The zero-order chi connectivity index (χ0) is 20.1. The zero-order valence-electron chi connectivity index (χ0n) is 14.5. The van der Waals surface area contributed by atoms with E-state index in [-0.39, 0.29) is 4.87 Å². The van der Waals surface area contributed by atoms with Crippen LogP contribution in [0, 0.1) is 17.8 Å². The minimum atomic E-state index is -5.08. The fourth-order valence-electron chi connectivity index (χ4n) is 4.78. The predicted molar refractivity (Wildman–Crippen MR) is 98.7 cm³/mol. The number of carboxylic acid groups (broad SMARTS) is 1. The first kappa shape index (κ1) is 19.5. The first-order valence-corrected chi connectivity index (χ1v) is 10.5. The number of hydrogen-bond donors (Lipinski definition) is 2. The lowest BCUT2D eigenvalue weighted by molar-refractivity contribution is -0.192. The summed E-state index contributed by atoms with van der Waals surface area (Å²) < 4.78 is 31.7. The number of H-pyrrole nitrogens is 1. The minimum absolute atomic E-state index is 0.0914. The quantitative estimate of drug-likeness (QED) is 0.711. The van der Waals surface area contributed by atoms with Gasteiger partial charge in [0.2, 0.25) is 0 Å². The highest BCUT2D eigenvalue weighted by Crippen LogP contribution is 2.63. The number of halogens is 3. The number of nitrogens with one attached hydrogen (secondary N) is 1. The van der Waals surface area contributed by atoms with Crippen molar-refractivity contribution in [3.8, 4) is 0 Å². The van der Waals surface area contributed by atoms with E-state index in [0.717, 1.165) is 16.9 Å². The summed E-state index contributed by atoms with van der Waals surface area (Å²) in [6, 6.07) is 4.21. The molecule has 5 nitrogen and oxygen atoms in total. The maximum absolute atomic E-state index is 11.9. The number of alkyl halides is 3. The molecule has 2 saturated carbocycles. The van der Waals surface area contributed by atoms with Gasteiger partial charge in [-0.05, 0) is 48.6 Å². The van der Waals surface area contributed by atoms with Gasteiger partial charge >= 0.3 is 17.0 Å². The second-order valence-electron chi connectivity index (χ2n) is 7.27. The van der Waals surface area contributed by atoms with Crippen LogP contribution in [0.3, 0.4) is 0 Å². The second-order valence-corrected chi connectivity index (χ2v) is 9.47. The van der Waals surface area contributed by atoms with E-state index in [2.05, 4.69) is 16.0 Å². The van der Waals surface area contributed by atoms with Gasteiger partial charge in [-0.2, -0.15) is 13.2 Å². The van der Waals surface area contributed by atoms with Crippen molar-refractivity contribution in [3.63, 3.8) is 0 Å². The topological polar surface area (TPSA) is 83.0 Å². The Bertz CT molecular complexity index is 928. The number of thiazole rings is 1. The van der Waals surface area contributed by atoms with Gasteiger partial charge in [-0.1, -0.05) is 17.4 Å². The third kappa shape index (κ3) is 3.47. The Balaban J connectivity index is 0.000000239. The molecule has 3 heterocycles. The van der Waals surface area contributed by atoms with Gasteiger partial charge in [-0.15, -0.1) is 11.8 Å². The maximum Gasteiger partial charge on any atom is 0.490 e. The van der Waals surface area contributed by atoms with Crippen molar-refractivity contribution < 1.29 is 23.1 Å². The molecule has 0 aromatic carbocycles. The zero-order valence-corrected chi connectivity index (χ0v) is 16.1. The van der Waals surface area contributed by atoms with Gasteiger partial charge in [0.25, 0.3) is 0 Å². The molecule has 2 aromatic rings. The SMILES string of the molecule is O=C(O)C(F)(F)F.O=c1[nH]c2c(s1)[C@H](c1cccnc1)[C@H]1C3CC[C@@H](C3)[C@H]1S2. The van der Waals surface area contributed by atoms with Crippen LogP contribution < -0.4 is 4.87 Å². The molecule has 0 radical (unpaired) electrons. The van der Waals surface area contributed by atoms with Crippen LogP contribution in [0.2, 0.25) is 0 Å². The molecule has 1 unspecified atom stereocenters. The van der Waals surface area contributed by atoms with Crippen molar-refractivity contribution in [2.45, 2.75) is 41.6 Å². The molecule has 0 amide bonds. The van der Waals surface area contributed by atoms with Gasteiger partial charge in [0.1, 0.15) is 0 Å². The second kappa shape index (κ2) is 7.22. The molecule has 0 spiro atoms. The molecule has 28 heavy (non-hydrogen) atoms. The van der Waals surface area contributed by atoms with E-state index in [9.17, 15) is 18.0 Å². The van der Waals surface area contributed by atoms with E-state index < -0.39 is 12.1 Å². The highest BCUT2D eigenvalue weighted by Gasteiger charge is 2.54. The van der Waals surface area contributed by atoms with E-state index in [1.165, 1.54) is 41.0 Å². The number of aromatic nitrogens is 2. The Hall–Kier alpha value is -1.81. The molecule has 5 rings (SSSR count). The lowest BCUT2D eigenvalue weighted by atomic mass is 9.75. The Labute approximate surface area is 166 Å². The molecule has 150 valence electrons. The number of fused-ring (bicyclic) bond motifs is 6. The summed E-state index contributed by atoms with van der Waals surface area (Å²) in [5.41, 5.74) is 1.29. The number of aliphatic carboxylic acids is 1. The molecule has 2 aliphatic carbocycles. The van der Waals surface area contributed by atoms with Crippen LogP contribution in [0.25, 0.3) is 0 Å². The number of carboxylic acids is 1. The van der Waals surface area contributed by atoms with Crippen molar-refractivity contribution in [1.82, 2.24) is 9.97 Å². The Kier molecular flexibility index (Phi) is 5.03.